The first-order valence-electron chi connectivity index (χ1n) is 17.7. The molecule has 12 heteroatoms. The summed E-state index contributed by atoms with van der Waals surface area (Å²) in [6.45, 7) is 1.05. The van der Waals surface area contributed by atoms with Crippen molar-refractivity contribution >= 4 is 39.4 Å². The first-order valence-corrected chi connectivity index (χ1v) is 17.7. The largest absolute Gasteiger partial charge is 0.391 e. The topological polar surface area (TPSA) is 149 Å². The van der Waals surface area contributed by atoms with Crippen molar-refractivity contribution in [2.75, 3.05) is 13.6 Å². The van der Waals surface area contributed by atoms with Gasteiger partial charge in [-0.05, 0) is 40.8 Å². The molecule has 4 aromatic carbocycles. The summed E-state index contributed by atoms with van der Waals surface area (Å²) < 4.78 is 2.06. The van der Waals surface area contributed by atoms with Gasteiger partial charge in [-0.25, -0.2) is 0 Å². The van der Waals surface area contributed by atoms with E-state index in [0.717, 1.165) is 45.6 Å². The van der Waals surface area contributed by atoms with Gasteiger partial charge in [0.05, 0.1) is 11.7 Å². The molecule has 0 bridgehead atoms. The molecule has 3 atom stereocenters. The van der Waals surface area contributed by atoms with Crippen molar-refractivity contribution in [3.8, 4) is 0 Å². The van der Waals surface area contributed by atoms with Crippen LogP contribution in [0, 0.1) is 0 Å². The number of β-amino-alcohol motifs (C(OH)–C–C–N with tert-alkyl or cyclic N) is 1. The van der Waals surface area contributed by atoms with E-state index in [-0.39, 0.29) is 31.2 Å². The van der Waals surface area contributed by atoms with Crippen LogP contribution in [0.15, 0.2) is 103 Å². The second-order valence-corrected chi connectivity index (χ2v) is 13.5. The summed E-state index contributed by atoms with van der Waals surface area (Å²) in [6.07, 6.45) is 3.65. The van der Waals surface area contributed by atoms with Gasteiger partial charge in [-0.2, -0.15) is 5.21 Å². The van der Waals surface area contributed by atoms with Crippen LogP contribution < -0.4 is 5.32 Å². The van der Waals surface area contributed by atoms with E-state index in [2.05, 4.69) is 30.5 Å². The Hall–Kier alpha value is -5.88. The summed E-state index contributed by atoms with van der Waals surface area (Å²) in [4.78, 5) is 45.7. The van der Waals surface area contributed by atoms with Crippen LogP contribution in [0.5, 0.6) is 0 Å². The number of fused-ring (bicyclic) bond motifs is 2. The number of para-hydroxylation sites is 1. The number of tetrazole rings is 1. The molecule has 266 valence electrons. The number of H-pyrrole nitrogens is 1. The Morgan fingerprint density at radius 3 is 2.50 bits per heavy atom. The summed E-state index contributed by atoms with van der Waals surface area (Å²) >= 11 is 0. The zero-order valence-electron chi connectivity index (χ0n) is 29.1. The molecule has 52 heavy (non-hydrogen) atoms. The molecule has 1 saturated heterocycles. The lowest BCUT2D eigenvalue weighted by molar-refractivity contribution is -0.136. The van der Waals surface area contributed by atoms with Crippen molar-refractivity contribution in [2.45, 2.75) is 63.4 Å². The molecule has 12 nitrogen and oxygen atoms in total. The van der Waals surface area contributed by atoms with Crippen molar-refractivity contribution in [3.63, 3.8) is 0 Å². The second kappa shape index (κ2) is 15.6. The van der Waals surface area contributed by atoms with Crippen LogP contribution in [-0.2, 0) is 35.5 Å². The molecule has 0 unspecified atom stereocenters. The van der Waals surface area contributed by atoms with Crippen LogP contribution >= 0.6 is 0 Å². The van der Waals surface area contributed by atoms with Gasteiger partial charge in [0.1, 0.15) is 12.1 Å². The van der Waals surface area contributed by atoms with Gasteiger partial charge in [0.25, 0.3) is 5.91 Å². The van der Waals surface area contributed by atoms with Crippen LogP contribution in [0.1, 0.15) is 46.6 Å². The Morgan fingerprint density at radius 1 is 0.942 bits per heavy atom. The van der Waals surface area contributed by atoms with E-state index in [9.17, 15) is 19.5 Å². The van der Waals surface area contributed by atoms with E-state index >= 15 is 0 Å². The number of likely N-dealkylation sites (tertiary alicyclic amines) is 1. The highest BCUT2D eigenvalue weighted by molar-refractivity contribution is 6.08. The summed E-state index contributed by atoms with van der Waals surface area (Å²) in [5, 5.41) is 30.8. The smallest absolute Gasteiger partial charge is 0.256 e. The number of hydrogen-bond donors (Lipinski definition) is 3. The number of unbranched alkanes of at least 4 members (excludes halogenated alkanes) is 1. The summed E-state index contributed by atoms with van der Waals surface area (Å²) in [7, 11) is 1.73. The Labute approximate surface area is 301 Å². The van der Waals surface area contributed by atoms with Crippen LogP contribution in [0.3, 0.4) is 0 Å². The van der Waals surface area contributed by atoms with Gasteiger partial charge in [-0.1, -0.05) is 96.2 Å². The lowest BCUT2D eigenvalue weighted by Crippen LogP contribution is -2.54. The fraction of sp³-hybridized carbons (Fsp3) is 0.300. The molecule has 0 spiro atoms. The lowest BCUT2D eigenvalue weighted by Gasteiger charge is -2.28. The molecular formula is C40H42N8O4. The molecule has 1 fully saturated rings. The SMILES string of the molecule is CN(Cc1ccccc1)C(=O)[C@H](Cc1cccc2ccccc12)NC(=O)[C@@H]1C[C@@H](O)CN1C(=O)c1cn(CCCCc2nn[nH]n2)c2ccccc12. The van der Waals surface area contributed by atoms with E-state index in [0.29, 0.717) is 30.9 Å². The van der Waals surface area contributed by atoms with Gasteiger partial charge in [0, 0.05) is 63.0 Å². The molecule has 1 aliphatic heterocycles. The molecule has 0 radical (unpaired) electrons. The summed E-state index contributed by atoms with van der Waals surface area (Å²) in [6, 6.07) is 29.4. The molecule has 0 saturated carbocycles. The maximum absolute atomic E-state index is 14.3. The number of carbonyl (C=O) groups excluding carboxylic acids is 3. The maximum atomic E-state index is 14.3. The molecule has 1 aliphatic rings. The van der Waals surface area contributed by atoms with E-state index in [1.54, 1.807) is 11.9 Å². The third-order valence-electron chi connectivity index (χ3n) is 9.86. The number of hydrogen-bond acceptors (Lipinski definition) is 7. The molecule has 3 heterocycles. The molecule has 0 aliphatic carbocycles. The summed E-state index contributed by atoms with van der Waals surface area (Å²) in [5.74, 6) is -0.392. The minimum Gasteiger partial charge on any atom is -0.391 e. The van der Waals surface area contributed by atoms with Gasteiger partial charge in [0.15, 0.2) is 5.82 Å². The Kier molecular flexibility index (Phi) is 10.3. The number of rotatable bonds is 13. The standard InChI is InChI=1S/C40H42N8O4/c1-46(24-27-12-3-2-4-13-27)40(52)34(22-29-16-11-15-28-14-5-6-17-31(28)29)41-38(50)36-23-30(49)25-48(36)39(51)33-26-47(35-19-8-7-18-32(33)35)21-10-9-20-37-42-44-45-43-37/h2-8,11-19,26,30,34,36,49H,9-10,20-25H2,1H3,(H,41,50)(H,42,43,44,45)/t30-,34+,36+/m1/s1. The third kappa shape index (κ3) is 7.57. The minimum atomic E-state index is -0.957. The second-order valence-electron chi connectivity index (χ2n) is 13.5. The highest BCUT2D eigenvalue weighted by Gasteiger charge is 2.41. The number of carbonyl (C=O) groups is 3. The molecule has 6 aromatic rings. The number of likely N-dealkylation sites (N-methyl/N-ethyl adjacent to an activating group) is 1. The number of aliphatic hydroxyl groups is 1. The van der Waals surface area contributed by atoms with Gasteiger partial charge in [0.2, 0.25) is 11.8 Å². The Bertz CT molecular complexity index is 2160. The first-order chi connectivity index (χ1) is 25.4. The van der Waals surface area contributed by atoms with Crippen LogP contribution in [0.25, 0.3) is 21.7 Å². The van der Waals surface area contributed by atoms with E-state index in [1.165, 1.54) is 4.90 Å². The third-order valence-corrected chi connectivity index (χ3v) is 9.86. The maximum Gasteiger partial charge on any atom is 0.256 e. The van der Waals surface area contributed by atoms with E-state index < -0.39 is 24.1 Å². The van der Waals surface area contributed by atoms with Crippen molar-refractivity contribution in [3.05, 3.63) is 126 Å². The lowest BCUT2D eigenvalue weighted by atomic mass is 9.97. The number of nitrogens with zero attached hydrogens (tertiary/aromatic N) is 6. The van der Waals surface area contributed by atoms with Crippen LogP contribution in [0.2, 0.25) is 0 Å². The number of amides is 3. The zero-order chi connectivity index (χ0) is 36.0. The summed E-state index contributed by atoms with van der Waals surface area (Å²) in [5.41, 5.74) is 3.27. The average molecular weight is 699 g/mol. The Balaban J connectivity index is 1.12. The first kappa shape index (κ1) is 34.6. The quantitative estimate of drug-likeness (QED) is 0.152. The zero-order valence-corrected chi connectivity index (χ0v) is 29.1. The van der Waals surface area contributed by atoms with Crippen LogP contribution in [-0.4, -0.2) is 89.6 Å². The molecule has 3 amide bonds. The molecular weight excluding hydrogens is 656 g/mol. The Morgan fingerprint density at radius 2 is 1.69 bits per heavy atom. The van der Waals surface area contributed by atoms with E-state index in [4.69, 9.17) is 0 Å². The van der Waals surface area contributed by atoms with Crippen molar-refractivity contribution in [1.29, 1.82) is 0 Å². The molecule has 3 N–H and O–H groups in total. The predicted octanol–water partition coefficient (Wildman–Crippen LogP) is 4.29. The fourth-order valence-electron chi connectivity index (χ4n) is 7.26. The van der Waals surface area contributed by atoms with Gasteiger partial charge in [-0.15, -0.1) is 10.2 Å². The monoisotopic (exact) mass is 698 g/mol. The van der Waals surface area contributed by atoms with Gasteiger partial charge < -0.3 is 24.8 Å². The number of aryl methyl sites for hydroxylation is 2. The number of benzene rings is 4. The average Bonchev–Trinajstić information content (AvgIpc) is 3.92. The van der Waals surface area contributed by atoms with Crippen LogP contribution in [0.4, 0.5) is 0 Å². The van der Waals surface area contributed by atoms with E-state index in [1.807, 2.05) is 103 Å². The number of aliphatic hydroxyl groups excluding tert-OH is 1. The number of nitrogens with one attached hydrogen (secondary N) is 2. The van der Waals surface area contributed by atoms with Gasteiger partial charge >= 0.3 is 0 Å². The van der Waals surface area contributed by atoms with Crippen molar-refractivity contribution < 1.29 is 19.5 Å². The minimum absolute atomic E-state index is 0.0109. The highest BCUT2D eigenvalue weighted by atomic mass is 16.3. The highest BCUT2D eigenvalue weighted by Crippen LogP contribution is 2.28. The van der Waals surface area contributed by atoms with Crippen molar-refractivity contribution in [1.82, 2.24) is 40.3 Å². The fourth-order valence-corrected chi connectivity index (χ4v) is 7.26. The molecule has 7 rings (SSSR count). The number of aromatic amines is 1. The number of aromatic nitrogens is 5. The molecule has 2 aromatic heterocycles. The predicted molar refractivity (Wildman–Crippen MR) is 197 cm³/mol. The van der Waals surface area contributed by atoms with Gasteiger partial charge in [-0.3, -0.25) is 14.4 Å². The normalized spacial score (nSPS) is 16.3. The van der Waals surface area contributed by atoms with Crippen molar-refractivity contribution in [2.24, 2.45) is 0 Å².